The fraction of sp³-hybridized carbons (Fsp3) is 0.267. The fourth-order valence-corrected chi connectivity index (χ4v) is 2.01. The smallest absolute Gasteiger partial charge is 0.422 e. The second kappa shape index (κ2) is 6.34. The van der Waals surface area contributed by atoms with E-state index in [1.807, 2.05) is 6.92 Å². The largest absolute Gasteiger partial charge is 0.480 e. The van der Waals surface area contributed by atoms with Crippen LogP contribution in [0.5, 0.6) is 17.4 Å². The summed E-state index contributed by atoms with van der Waals surface area (Å²) in [4.78, 5) is 8.28. The molecule has 0 radical (unpaired) electrons. The zero-order valence-corrected chi connectivity index (χ0v) is 12.6. The maximum atomic E-state index is 12.4. The highest BCUT2D eigenvalue weighted by molar-refractivity contribution is 5.43. The third kappa shape index (κ3) is 3.55. The maximum Gasteiger partial charge on any atom is 0.422 e. The van der Waals surface area contributed by atoms with Crippen LogP contribution in [0, 0.1) is 0 Å². The quantitative estimate of drug-likeness (QED) is 0.713. The number of para-hydroxylation sites is 2. The van der Waals surface area contributed by atoms with Gasteiger partial charge < -0.3 is 9.47 Å². The molecule has 0 bridgehead atoms. The summed E-state index contributed by atoms with van der Waals surface area (Å²) < 4.78 is 49.0. The SMILES string of the molecule is CCc1cc(Oc2ccccc2OCC(F)(F)F)n2ncnc2n1. The molecule has 3 aromatic rings. The number of benzene rings is 1. The van der Waals surface area contributed by atoms with Crippen LogP contribution in [-0.4, -0.2) is 32.4 Å². The van der Waals surface area contributed by atoms with Crippen molar-refractivity contribution in [2.75, 3.05) is 6.61 Å². The van der Waals surface area contributed by atoms with E-state index in [0.717, 1.165) is 5.69 Å². The first-order chi connectivity index (χ1) is 11.5. The number of halogens is 3. The first kappa shape index (κ1) is 16.0. The van der Waals surface area contributed by atoms with Gasteiger partial charge in [0.2, 0.25) is 5.88 Å². The number of ether oxygens (including phenoxy) is 2. The Morgan fingerprint density at radius 3 is 2.62 bits per heavy atom. The monoisotopic (exact) mass is 338 g/mol. The van der Waals surface area contributed by atoms with E-state index in [9.17, 15) is 13.2 Å². The maximum absolute atomic E-state index is 12.4. The van der Waals surface area contributed by atoms with Crippen molar-refractivity contribution in [1.29, 1.82) is 0 Å². The Balaban J connectivity index is 1.93. The molecule has 126 valence electrons. The minimum Gasteiger partial charge on any atom is -0.480 e. The molecule has 9 heteroatoms. The van der Waals surface area contributed by atoms with Crippen molar-refractivity contribution in [2.24, 2.45) is 0 Å². The molecule has 1 aromatic carbocycles. The zero-order valence-electron chi connectivity index (χ0n) is 12.6. The highest BCUT2D eigenvalue weighted by Gasteiger charge is 2.29. The van der Waals surface area contributed by atoms with Crippen molar-refractivity contribution in [3.63, 3.8) is 0 Å². The number of hydrogen-bond donors (Lipinski definition) is 0. The summed E-state index contributed by atoms with van der Waals surface area (Å²) in [7, 11) is 0. The van der Waals surface area contributed by atoms with Gasteiger partial charge in [-0.25, -0.2) is 4.98 Å². The number of alkyl halides is 3. The van der Waals surface area contributed by atoms with Crippen LogP contribution in [0.25, 0.3) is 5.78 Å². The van der Waals surface area contributed by atoms with Gasteiger partial charge in [0, 0.05) is 11.8 Å². The van der Waals surface area contributed by atoms with E-state index in [4.69, 9.17) is 9.47 Å². The van der Waals surface area contributed by atoms with Gasteiger partial charge in [-0.05, 0) is 18.6 Å². The van der Waals surface area contributed by atoms with Crippen LogP contribution in [-0.2, 0) is 6.42 Å². The number of nitrogens with zero attached hydrogens (tertiary/aromatic N) is 4. The average molecular weight is 338 g/mol. The van der Waals surface area contributed by atoms with Crippen LogP contribution in [0.4, 0.5) is 13.2 Å². The van der Waals surface area contributed by atoms with Crippen molar-refractivity contribution >= 4 is 5.78 Å². The van der Waals surface area contributed by atoms with E-state index in [-0.39, 0.29) is 17.4 Å². The van der Waals surface area contributed by atoms with E-state index < -0.39 is 12.8 Å². The Morgan fingerprint density at radius 1 is 1.17 bits per heavy atom. The third-order valence-electron chi connectivity index (χ3n) is 3.09. The Bertz CT molecular complexity index is 848. The lowest BCUT2D eigenvalue weighted by Crippen LogP contribution is -2.19. The molecule has 0 aliphatic carbocycles. The van der Waals surface area contributed by atoms with Gasteiger partial charge in [0.05, 0.1) is 0 Å². The van der Waals surface area contributed by atoms with E-state index >= 15 is 0 Å². The first-order valence-corrected chi connectivity index (χ1v) is 7.12. The molecule has 0 aliphatic heterocycles. The van der Waals surface area contributed by atoms with Crippen LogP contribution in [0.15, 0.2) is 36.7 Å². The fourth-order valence-electron chi connectivity index (χ4n) is 2.01. The van der Waals surface area contributed by atoms with Gasteiger partial charge >= 0.3 is 6.18 Å². The second-order valence-corrected chi connectivity index (χ2v) is 4.86. The van der Waals surface area contributed by atoms with E-state index in [0.29, 0.717) is 12.2 Å². The lowest BCUT2D eigenvalue weighted by molar-refractivity contribution is -0.153. The Hall–Kier alpha value is -2.84. The van der Waals surface area contributed by atoms with Crippen molar-refractivity contribution in [2.45, 2.75) is 19.5 Å². The van der Waals surface area contributed by atoms with Gasteiger partial charge in [-0.3, -0.25) is 0 Å². The molecule has 0 saturated carbocycles. The van der Waals surface area contributed by atoms with Crippen molar-refractivity contribution in [3.05, 3.63) is 42.4 Å². The van der Waals surface area contributed by atoms with Crippen LogP contribution in [0.2, 0.25) is 0 Å². The predicted octanol–water partition coefficient (Wildman–Crippen LogP) is 3.42. The van der Waals surface area contributed by atoms with Gasteiger partial charge in [-0.2, -0.15) is 27.8 Å². The van der Waals surface area contributed by atoms with Crippen LogP contribution < -0.4 is 9.47 Å². The molecular weight excluding hydrogens is 325 g/mol. The average Bonchev–Trinajstić information content (AvgIpc) is 3.02. The number of aromatic nitrogens is 4. The highest BCUT2D eigenvalue weighted by Crippen LogP contribution is 2.32. The number of fused-ring (bicyclic) bond motifs is 1. The topological polar surface area (TPSA) is 61.5 Å². The summed E-state index contributed by atoms with van der Waals surface area (Å²) in [5, 5.41) is 4.00. The van der Waals surface area contributed by atoms with Crippen molar-refractivity contribution in [1.82, 2.24) is 19.6 Å². The first-order valence-electron chi connectivity index (χ1n) is 7.12. The zero-order chi connectivity index (χ0) is 17.2. The van der Waals surface area contributed by atoms with Gasteiger partial charge in [0.25, 0.3) is 5.78 Å². The molecule has 2 heterocycles. The number of rotatable bonds is 5. The van der Waals surface area contributed by atoms with Crippen LogP contribution >= 0.6 is 0 Å². The minimum absolute atomic E-state index is 0.0158. The lowest BCUT2D eigenvalue weighted by atomic mass is 10.3. The predicted molar refractivity (Wildman–Crippen MR) is 78.2 cm³/mol. The summed E-state index contributed by atoms with van der Waals surface area (Å²) in [5.41, 5.74) is 0.721. The molecule has 0 saturated heterocycles. The second-order valence-electron chi connectivity index (χ2n) is 4.86. The molecule has 0 unspecified atom stereocenters. The number of aryl methyl sites for hydroxylation is 1. The molecule has 0 fully saturated rings. The molecule has 3 rings (SSSR count). The highest BCUT2D eigenvalue weighted by atomic mass is 19.4. The van der Waals surface area contributed by atoms with Crippen molar-refractivity contribution < 1.29 is 22.6 Å². The molecule has 2 aromatic heterocycles. The van der Waals surface area contributed by atoms with Gasteiger partial charge in [0.15, 0.2) is 18.1 Å². The lowest BCUT2D eigenvalue weighted by Gasteiger charge is -2.14. The Kier molecular flexibility index (Phi) is 4.24. The molecule has 0 amide bonds. The Labute approximate surface area is 134 Å². The Morgan fingerprint density at radius 2 is 1.92 bits per heavy atom. The molecule has 6 nitrogen and oxygen atoms in total. The summed E-state index contributed by atoms with van der Waals surface area (Å²) in [6.07, 6.45) is -2.47. The van der Waals surface area contributed by atoms with Crippen molar-refractivity contribution in [3.8, 4) is 17.4 Å². The van der Waals surface area contributed by atoms with E-state index in [1.54, 1.807) is 18.2 Å². The standard InChI is InChI=1S/C15H13F3N4O2/c1-2-10-7-13(22-14(21-10)19-9-20-22)24-12-6-4-3-5-11(12)23-8-15(16,17)18/h3-7,9H,2,8H2,1H3. The summed E-state index contributed by atoms with van der Waals surface area (Å²) in [6.45, 7) is 0.516. The van der Waals surface area contributed by atoms with Crippen LogP contribution in [0.1, 0.15) is 12.6 Å². The van der Waals surface area contributed by atoms with Gasteiger partial charge in [-0.1, -0.05) is 19.1 Å². The third-order valence-corrected chi connectivity index (χ3v) is 3.09. The minimum atomic E-state index is -4.43. The van der Waals surface area contributed by atoms with E-state index in [1.165, 1.54) is 23.0 Å². The number of hydrogen-bond acceptors (Lipinski definition) is 5. The molecule has 0 aliphatic rings. The summed E-state index contributed by atoms with van der Waals surface area (Å²) in [5.74, 6) is 0.764. The van der Waals surface area contributed by atoms with Gasteiger partial charge in [0.1, 0.15) is 6.33 Å². The molecule has 0 atom stereocenters. The molecule has 0 spiro atoms. The van der Waals surface area contributed by atoms with Crippen LogP contribution in [0.3, 0.4) is 0 Å². The summed E-state index contributed by atoms with van der Waals surface area (Å²) in [6, 6.07) is 7.77. The molecule has 24 heavy (non-hydrogen) atoms. The molecule has 0 N–H and O–H groups in total. The van der Waals surface area contributed by atoms with Gasteiger partial charge in [-0.15, -0.1) is 0 Å². The normalized spacial score (nSPS) is 11.7. The van der Waals surface area contributed by atoms with E-state index in [2.05, 4.69) is 15.1 Å². The summed E-state index contributed by atoms with van der Waals surface area (Å²) >= 11 is 0. The molecular formula is C15H13F3N4O2.